The number of fused-ring (bicyclic) bond motifs is 1. The molecule has 3 N–H and O–H groups in total. The number of carbonyl (C=O) groups excluding carboxylic acids is 3. The van der Waals surface area contributed by atoms with Crippen LogP contribution in [0.5, 0.6) is 0 Å². The van der Waals surface area contributed by atoms with Gasteiger partial charge in [-0.2, -0.15) is 0 Å². The molecule has 172 valence electrons. The Labute approximate surface area is 193 Å². The Bertz CT molecular complexity index is 1170. The molecule has 1 unspecified atom stereocenters. The van der Waals surface area contributed by atoms with Gasteiger partial charge in [0.15, 0.2) is 0 Å². The maximum absolute atomic E-state index is 13.1. The zero-order chi connectivity index (χ0) is 24.0. The van der Waals surface area contributed by atoms with Crippen molar-refractivity contribution in [1.82, 2.24) is 5.32 Å². The number of hydrogen-bond acceptors (Lipinski definition) is 4. The average molecular weight is 448 g/mol. The van der Waals surface area contributed by atoms with Crippen molar-refractivity contribution in [1.29, 1.82) is 0 Å². The first-order valence-corrected chi connectivity index (χ1v) is 10.9. The third-order valence-corrected chi connectivity index (χ3v) is 5.25. The van der Waals surface area contributed by atoms with E-state index in [1.165, 1.54) is 0 Å². The molecule has 0 aromatic heterocycles. The zero-order valence-electron chi connectivity index (χ0n) is 19.3. The molecule has 0 heterocycles. The third-order valence-electron chi connectivity index (χ3n) is 5.25. The first-order valence-electron chi connectivity index (χ1n) is 10.9. The molecule has 7 heteroatoms. The van der Waals surface area contributed by atoms with E-state index >= 15 is 0 Å². The highest BCUT2D eigenvalue weighted by Crippen LogP contribution is 2.26. The smallest absolute Gasteiger partial charge is 0.323 e. The standard InChI is InChI=1S/C26H29N3O4/c1-5-33-23(30)13-18(4)27-25(31)21-14-19-11-6-7-12-20(19)15-22(21)28-26(32)29-24-16(2)9-8-10-17(24)3/h6-12,14-15,18H,5,13H2,1-4H3,(H,27,31)(H2,28,29,32). The summed E-state index contributed by atoms with van der Waals surface area (Å²) in [5.41, 5.74) is 3.29. The topological polar surface area (TPSA) is 96.5 Å². The number of rotatable bonds is 7. The monoisotopic (exact) mass is 447 g/mol. The lowest BCUT2D eigenvalue weighted by atomic mass is 10.0. The van der Waals surface area contributed by atoms with E-state index in [1.54, 1.807) is 26.0 Å². The molecule has 33 heavy (non-hydrogen) atoms. The molecule has 0 spiro atoms. The summed E-state index contributed by atoms with van der Waals surface area (Å²) in [6, 6.07) is 16.0. The molecular formula is C26H29N3O4. The number of benzene rings is 3. The van der Waals surface area contributed by atoms with Crippen LogP contribution < -0.4 is 16.0 Å². The molecule has 1 atom stereocenters. The van der Waals surface area contributed by atoms with Gasteiger partial charge in [0.05, 0.1) is 24.3 Å². The minimum Gasteiger partial charge on any atom is -0.466 e. The second-order valence-electron chi connectivity index (χ2n) is 7.97. The van der Waals surface area contributed by atoms with Crippen LogP contribution in [0.15, 0.2) is 54.6 Å². The SMILES string of the molecule is CCOC(=O)CC(C)NC(=O)c1cc2ccccc2cc1NC(=O)Nc1c(C)cccc1C. The Morgan fingerprint density at radius 2 is 1.55 bits per heavy atom. The summed E-state index contributed by atoms with van der Waals surface area (Å²) in [6.45, 7) is 7.59. The quantitative estimate of drug-likeness (QED) is 0.435. The molecule has 3 aromatic rings. The fourth-order valence-corrected chi connectivity index (χ4v) is 3.63. The Kier molecular flexibility index (Phi) is 7.66. The number of esters is 1. The highest BCUT2D eigenvalue weighted by atomic mass is 16.5. The molecule has 0 aliphatic carbocycles. The van der Waals surface area contributed by atoms with Crippen LogP contribution in [-0.4, -0.2) is 30.6 Å². The Hall–Kier alpha value is -3.87. The summed E-state index contributed by atoms with van der Waals surface area (Å²) in [5.74, 6) is -0.768. The summed E-state index contributed by atoms with van der Waals surface area (Å²) in [5, 5.41) is 10.3. The van der Waals surface area contributed by atoms with Gasteiger partial charge in [0.25, 0.3) is 5.91 Å². The largest absolute Gasteiger partial charge is 0.466 e. The van der Waals surface area contributed by atoms with Crippen LogP contribution in [0.4, 0.5) is 16.2 Å². The van der Waals surface area contributed by atoms with E-state index in [1.807, 2.05) is 56.3 Å². The lowest BCUT2D eigenvalue weighted by Crippen LogP contribution is -2.35. The van der Waals surface area contributed by atoms with E-state index in [0.717, 1.165) is 27.6 Å². The van der Waals surface area contributed by atoms with Crippen molar-refractivity contribution >= 4 is 40.1 Å². The summed E-state index contributed by atoms with van der Waals surface area (Å²) in [6.07, 6.45) is 0.0585. The number of amides is 3. The van der Waals surface area contributed by atoms with Gasteiger partial charge in [0.2, 0.25) is 0 Å². The maximum atomic E-state index is 13.1. The van der Waals surface area contributed by atoms with Crippen LogP contribution >= 0.6 is 0 Å². The van der Waals surface area contributed by atoms with Gasteiger partial charge in [-0.15, -0.1) is 0 Å². The lowest BCUT2D eigenvalue weighted by molar-refractivity contribution is -0.143. The Morgan fingerprint density at radius 3 is 2.18 bits per heavy atom. The second kappa shape index (κ2) is 10.6. The molecule has 0 aliphatic heterocycles. The summed E-state index contributed by atoms with van der Waals surface area (Å²) in [4.78, 5) is 37.6. The van der Waals surface area contributed by atoms with Crippen molar-refractivity contribution in [3.05, 3.63) is 71.3 Å². The number of hydrogen-bond donors (Lipinski definition) is 3. The van der Waals surface area contributed by atoms with Crippen LogP contribution in [0.25, 0.3) is 10.8 Å². The molecule has 0 bridgehead atoms. The second-order valence-corrected chi connectivity index (χ2v) is 7.97. The van der Waals surface area contributed by atoms with Gasteiger partial charge in [-0.25, -0.2) is 4.79 Å². The molecule has 0 saturated heterocycles. The molecular weight excluding hydrogens is 418 g/mol. The van der Waals surface area contributed by atoms with Gasteiger partial charge in [-0.1, -0.05) is 42.5 Å². The minimum atomic E-state index is -0.448. The van der Waals surface area contributed by atoms with Crippen LogP contribution in [0.3, 0.4) is 0 Å². The van der Waals surface area contributed by atoms with E-state index in [-0.39, 0.29) is 24.9 Å². The molecule has 3 rings (SSSR count). The normalized spacial score (nSPS) is 11.5. The maximum Gasteiger partial charge on any atom is 0.323 e. The molecule has 0 aliphatic rings. The Morgan fingerprint density at radius 1 is 0.909 bits per heavy atom. The molecule has 7 nitrogen and oxygen atoms in total. The van der Waals surface area contributed by atoms with Crippen molar-refractivity contribution in [3.8, 4) is 0 Å². The molecule has 0 fully saturated rings. The fraction of sp³-hybridized carbons (Fsp3) is 0.269. The zero-order valence-corrected chi connectivity index (χ0v) is 19.3. The van der Waals surface area contributed by atoms with Crippen molar-refractivity contribution in [2.75, 3.05) is 17.2 Å². The van der Waals surface area contributed by atoms with Gasteiger partial charge >= 0.3 is 12.0 Å². The van der Waals surface area contributed by atoms with Gasteiger partial charge in [0.1, 0.15) is 0 Å². The van der Waals surface area contributed by atoms with Gasteiger partial charge in [0, 0.05) is 11.7 Å². The number of carbonyl (C=O) groups is 3. The van der Waals surface area contributed by atoms with Crippen molar-refractivity contribution in [3.63, 3.8) is 0 Å². The number of nitrogens with one attached hydrogen (secondary N) is 3. The van der Waals surface area contributed by atoms with Gasteiger partial charge in [-0.3, -0.25) is 9.59 Å². The predicted molar refractivity (Wildman–Crippen MR) is 131 cm³/mol. The minimum absolute atomic E-state index is 0.0585. The molecule has 0 saturated carbocycles. The highest BCUT2D eigenvalue weighted by Gasteiger charge is 2.19. The Balaban J connectivity index is 1.85. The first kappa shape index (κ1) is 23.8. The number of anilines is 2. The molecule has 3 aromatic carbocycles. The average Bonchev–Trinajstić information content (AvgIpc) is 2.76. The van der Waals surface area contributed by atoms with Crippen molar-refractivity contribution in [2.45, 2.75) is 40.2 Å². The molecule has 3 amide bonds. The number of ether oxygens (including phenoxy) is 1. The summed E-state index contributed by atoms with van der Waals surface area (Å²) < 4.78 is 4.95. The third kappa shape index (κ3) is 6.10. The molecule has 0 radical (unpaired) electrons. The number of aryl methyl sites for hydroxylation is 2. The number of para-hydroxylation sites is 1. The van der Waals surface area contributed by atoms with Crippen LogP contribution in [0.2, 0.25) is 0 Å². The van der Waals surface area contributed by atoms with Gasteiger partial charge in [-0.05, 0) is 61.7 Å². The van der Waals surface area contributed by atoms with Crippen molar-refractivity contribution in [2.24, 2.45) is 0 Å². The van der Waals surface area contributed by atoms with Crippen LogP contribution in [0, 0.1) is 13.8 Å². The van der Waals surface area contributed by atoms with Crippen LogP contribution in [0.1, 0.15) is 41.8 Å². The number of urea groups is 1. The lowest BCUT2D eigenvalue weighted by Gasteiger charge is -2.17. The van der Waals surface area contributed by atoms with Crippen LogP contribution in [-0.2, 0) is 9.53 Å². The fourth-order valence-electron chi connectivity index (χ4n) is 3.63. The van der Waals surface area contributed by atoms with E-state index < -0.39 is 12.1 Å². The highest BCUT2D eigenvalue weighted by molar-refractivity contribution is 6.10. The summed E-state index contributed by atoms with van der Waals surface area (Å²) in [7, 11) is 0. The summed E-state index contributed by atoms with van der Waals surface area (Å²) >= 11 is 0. The van der Waals surface area contributed by atoms with E-state index in [4.69, 9.17) is 4.74 Å². The first-order chi connectivity index (χ1) is 15.8. The van der Waals surface area contributed by atoms with E-state index in [0.29, 0.717) is 11.3 Å². The van der Waals surface area contributed by atoms with E-state index in [9.17, 15) is 14.4 Å². The van der Waals surface area contributed by atoms with Crippen molar-refractivity contribution < 1.29 is 19.1 Å². The van der Waals surface area contributed by atoms with Gasteiger partial charge < -0.3 is 20.7 Å². The predicted octanol–water partition coefficient (Wildman–Crippen LogP) is 5.17. The van der Waals surface area contributed by atoms with E-state index in [2.05, 4.69) is 16.0 Å².